The average Bonchev–Trinajstić information content (AvgIpc) is 3.24. The van der Waals surface area contributed by atoms with Crippen molar-refractivity contribution in [3.05, 3.63) is 153 Å². The van der Waals surface area contributed by atoms with E-state index in [1.54, 1.807) is 16.7 Å². The number of fused-ring (bicyclic) bond motifs is 9. The summed E-state index contributed by atoms with van der Waals surface area (Å²) in [4.78, 5) is 2.46. The van der Waals surface area contributed by atoms with Gasteiger partial charge in [0.25, 0.3) is 0 Å². The van der Waals surface area contributed by atoms with Gasteiger partial charge in [-0.3, -0.25) is 0 Å². The van der Waals surface area contributed by atoms with Crippen LogP contribution in [-0.4, -0.2) is 0 Å². The first-order chi connectivity index (χ1) is 18.3. The molecule has 0 saturated heterocycles. The molecule has 1 nitrogen and oxygen atoms in total. The number of halogens is 1. The van der Waals surface area contributed by atoms with Crippen LogP contribution in [-0.2, 0) is 5.41 Å². The molecule has 0 N–H and O–H groups in total. The minimum absolute atomic E-state index is 0.299. The lowest BCUT2D eigenvalue weighted by Crippen LogP contribution is -2.37. The summed E-state index contributed by atoms with van der Waals surface area (Å²) in [6, 6.07) is 36.0. The minimum Gasteiger partial charge on any atom is -0.310 e. The lowest BCUT2D eigenvalue weighted by molar-refractivity contribution is 0.677. The number of para-hydroxylation sites is 3. The van der Waals surface area contributed by atoms with Crippen LogP contribution in [0.2, 0.25) is 0 Å². The zero-order valence-electron chi connectivity index (χ0n) is 20.5. The Bertz CT molecular complexity index is 1640. The SMILES string of the molecule is Brc1ccc2c(c1)C1(C3=C2C2=C(C=CCC2)CC3)c2ccccc2N(c2ccccc2)c2ccccc21. The van der Waals surface area contributed by atoms with Gasteiger partial charge < -0.3 is 4.90 Å². The Morgan fingerprint density at radius 2 is 1.38 bits per heavy atom. The van der Waals surface area contributed by atoms with Crippen LogP contribution >= 0.6 is 15.9 Å². The van der Waals surface area contributed by atoms with E-state index in [0.717, 1.165) is 30.2 Å². The van der Waals surface area contributed by atoms with E-state index in [0.29, 0.717) is 0 Å². The molecule has 4 aliphatic rings. The Kier molecular flexibility index (Phi) is 4.60. The van der Waals surface area contributed by atoms with E-state index in [9.17, 15) is 0 Å². The van der Waals surface area contributed by atoms with Crippen LogP contribution in [0.4, 0.5) is 17.1 Å². The topological polar surface area (TPSA) is 3.24 Å². The smallest absolute Gasteiger partial charge is 0.0717 e. The monoisotopic (exact) mass is 539 g/mol. The molecule has 1 aliphatic heterocycles. The van der Waals surface area contributed by atoms with E-state index in [2.05, 4.69) is 130 Å². The summed E-state index contributed by atoms with van der Waals surface area (Å²) in [6.45, 7) is 0. The number of benzene rings is 4. The molecule has 37 heavy (non-hydrogen) atoms. The van der Waals surface area contributed by atoms with Crippen molar-refractivity contribution in [2.75, 3.05) is 4.90 Å². The molecule has 178 valence electrons. The molecule has 1 spiro atoms. The Morgan fingerprint density at radius 1 is 0.676 bits per heavy atom. The van der Waals surface area contributed by atoms with E-state index in [4.69, 9.17) is 0 Å². The Hall–Kier alpha value is -3.62. The van der Waals surface area contributed by atoms with Crippen LogP contribution in [0.3, 0.4) is 0 Å². The van der Waals surface area contributed by atoms with Crippen molar-refractivity contribution < 1.29 is 0 Å². The summed E-state index contributed by atoms with van der Waals surface area (Å²) in [6.07, 6.45) is 9.22. The van der Waals surface area contributed by atoms with Gasteiger partial charge in [0.05, 0.1) is 16.8 Å². The molecule has 1 heterocycles. The first-order valence-electron chi connectivity index (χ1n) is 13.3. The second-order valence-corrected chi connectivity index (χ2v) is 11.4. The molecule has 0 fully saturated rings. The molecule has 0 saturated carbocycles. The normalized spacial score (nSPS) is 18.4. The van der Waals surface area contributed by atoms with Gasteiger partial charge in [-0.2, -0.15) is 0 Å². The summed E-state index contributed by atoms with van der Waals surface area (Å²) in [5.41, 5.74) is 15.3. The van der Waals surface area contributed by atoms with E-state index in [1.807, 2.05) is 0 Å². The summed E-state index contributed by atoms with van der Waals surface area (Å²) in [7, 11) is 0. The fourth-order valence-electron chi connectivity index (χ4n) is 7.43. The van der Waals surface area contributed by atoms with Crippen LogP contribution in [0.1, 0.15) is 47.9 Å². The highest BCUT2D eigenvalue weighted by Gasteiger charge is 2.53. The second-order valence-electron chi connectivity index (χ2n) is 10.4. The highest BCUT2D eigenvalue weighted by atomic mass is 79.9. The van der Waals surface area contributed by atoms with Gasteiger partial charge in [0.15, 0.2) is 0 Å². The van der Waals surface area contributed by atoms with Gasteiger partial charge in [0, 0.05) is 10.2 Å². The van der Waals surface area contributed by atoms with Crippen LogP contribution in [0.15, 0.2) is 130 Å². The van der Waals surface area contributed by atoms with E-state index in [1.165, 1.54) is 44.9 Å². The fraction of sp³-hybridized carbons (Fsp3) is 0.143. The van der Waals surface area contributed by atoms with Crippen LogP contribution < -0.4 is 4.90 Å². The molecule has 3 aliphatic carbocycles. The van der Waals surface area contributed by atoms with Crippen molar-refractivity contribution >= 4 is 38.6 Å². The maximum atomic E-state index is 3.86. The molecule has 2 heteroatoms. The number of rotatable bonds is 1. The fourth-order valence-corrected chi connectivity index (χ4v) is 7.79. The van der Waals surface area contributed by atoms with Crippen LogP contribution in [0.5, 0.6) is 0 Å². The zero-order valence-corrected chi connectivity index (χ0v) is 22.1. The number of hydrogen-bond acceptors (Lipinski definition) is 1. The summed E-state index contributed by atoms with van der Waals surface area (Å²) >= 11 is 3.86. The van der Waals surface area contributed by atoms with Crippen molar-refractivity contribution in [2.24, 2.45) is 0 Å². The molecule has 0 amide bonds. The highest BCUT2D eigenvalue weighted by molar-refractivity contribution is 9.10. The van der Waals surface area contributed by atoms with Crippen molar-refractivity contribution in [3.8, 4) is 0 Å². The standard InChI is InChI=1S/C35H26BrN/c36-24-19-20-27-31(22-24)35(30-21-18-23-10-4-5-13-26(23)34(27)30)28-14-6-8-16-32(28)37(25-11-2-1-3-12-25)33-17-9-7-15-29(33)35/h1-4,6-12,14-17,19-20,22H,5,13,18,21H2. The van der Waals surface area contributed by atoms with Crippen molar-refractivity contribution in [3.63, 3.8) is 0 Å². The lowest BCUT2D eigenvalue weighted by Gasteiger charge is -2.46. The van der Waals surface area contributed by atoms with E-state index >= 15 is 0 Å². The number of allylic oxidation sites excluding steroid dienone is 6. The van der Waals surface area contributed by atoms with Gasteiger partial charge >= 0.3 is 0 Å². The second kappa shape index (κ2) is 7.94. The molecule has 0 unspecified atom stereocenters. The van der Waals surface area contributed by atoms with Gasteiger partial charge in [-0.1, -0.05) is 88.7 Å². The molecule has 0 bridgehead atoms. The Balaban J connectivity index is 1.53. The third-order valence-electron chi connectivity index (χ3n) is 8.74. The largest absolute Gasteiger partial charge is 0.310 e. The molecule has 0 radical (unpaired) electrons. The molecule has 4 aromatic rings. The van der Waals surface area contributed by atoms with Crippen molar-refractivity contribution in [1.29, 1.82) is 0 Å². The van der Waals surface area contributed by atoms with Gasteiger partial charge in [-0.05, 0) is 107 Å². The Morgan fingerprint density at radius 3 is 2.14 bits per heavy atom. The van der Waals surface area contributed by atoms with Crippen LogP contribution in [0.25, 0.3) is 5.57 Å². The summed E-state index contributed by atoms with van der Waals surface area (Å²) < 4.78 is 1.14. The maximum Gasteiger partial charge on any atom is 0.0717 e. The third-order valence-corrected chi connectivity index (χ3v) is 9.23. The van der Waals surface area contributed by atoms with Gasteiger partial charge in [0.1, 0.15) is 0 Å². The number of anilines is 3. The molecule has 0 atom stereocenters. The lowest BCUT2D eigenvalue weighted by atomic mass is 9.62. The molecule has 8 rings (SSSR count). The Labute approximate surface area is 226 Å². The average molecular weight is 541 g/mol. The minimum atomic E-state index is -0.299. The molecule has 0 aromatic heterocycles. The predicted molar refractivity (Wildman–Crippen MR) is 157 cm³/mol. The number of nitrogens with zero attached hydrogens (tertiary/aromatic N) is 1. The molecule has 4 aromatic carbocycles. The van der Waals surface area contributed by atoms with Crippen molar-refractivity contribution in [1.82, 2.24) is 0 Å². The summed E-state index contributed by atoms with van der Waals surface area (Å²) in [5.74, 6) is 0. The van der Waals surface area contributed by atoms with Crippen molar-refractivity contribution in [2.45, 2.75) is 31.1 Å². The van der Waals surface area contributed by atoms with Crippen LogP contribution in [0, 0.1) is 0 Å². The maximum absolute atomic E-state index is 3.86. The van der Waals surface area contributed by atoms with E-state index in [-0.39, 0.29) is 5.41 Å². The predicted octanol–water partition coefficient (Wildman–Crippen LogP) is 9.77. The highest BCUT2D eigenvalue weighted by Crippen LogP contribution is 2.65. The first-order valence-corrected chi connectivity index (χ1v) is 14.0. The van der Waals surface area contributed by atoms with Gasteiger partial charge in [-0.25, -0.2) is 0 Å². The first kappa shape index (κ1) is 21.5. The summed E-state index contributed by atoms with van der Waals surface area (Å²) in [5, 5.41) is 0. The number of hydrogen-bond donors (Lipinski definition) is 0. The van der Waals surface area contributed by atoms with Gasteiger partial charge in [-0.15, -0.1) is 0 Å². The van der Waals surface area contributed by atoms with E-state index < -0.39 is 0 Å². The molecular formula is C35H26BrN. The third kappa shape index (κ3) is 2.80. The van der Waals surface area contributed by atoms with Gasteiger partial charge in [0.2, 0.25) is 0 Å². The molecular weight excluding hydrogens is 514 g/mol. The quantitative estimate of drug-likeness (QED) is 0.232. The zero-order chi connectivity index (χ0) is 24.6.